The highest BCUT2D eigenvalue weighted by molar-refractivity contribution is 7.16. The van der Waals surface area contributed by atoms with Gasteiger partial charge in [0.05, 0.1) is 17.5 Å². The monoisotopic (exact) mass is 390 g/mol. The SMILES string of the molecule is Cc1sc(NC(=O)CCC(=O)O)nc1-c1ccc(OC(=O)C(C)(C)C)cc1. The van der Waals surface area contributed by atoms with Gasteiger partial charge in [-0.05, 0) is 52.0 Å². The topological polar surface area (TPSA) is 106 Å². The van der Waals surface area contributed by atoms with Crippen molar-refractivity contribution in [3.8, 4) is 17.0 Å². The van der Waals surface area contributed by atoms with E-state index < -0.39 is 11.4 Å². The highest BCUT2D eigenvalue weighted by atomic mass is 32.1. The summed E-state index contributed by atoms with van der Waals surface area (Å²) in [6, 6.07) is 6.98. The van der Waals surface area contributed by atoms with Gasteiger partial charge in [-0.2, -0.15) is 0 Å². The number of rotatable bonds is 6. The predicted molar refractivity (Wildman–Crippen MR) is 103 cm³/mol. The number of benzene rings is 1. The van der Waals surface area contributed by atoms with Crippen molar-refractivity contribution in [2.24, 2.45) is 5.41 Å². The third kappa shape index (κ3) is 5.89. The van der Waals surface area contributed by atoms with Gasteiger partial charge in [-0.1, -0.05) is 0 Å². The molecule has 1 aromatic carbocycles. The van der Waals surface area contributed by atoms with Crippen LogP contribution in [0.4, 0.5) is 5.13 Å². The smallest absolute Gasteiger partial charge is 0.316 e. The Kier molecular flexibility index (Phi) is 6.32. The molecule has 2 rings (SSSR count). The lowest BCUT2D eigenvalue weighted by Crippen LogP contribution is -2.25. The number of ether oxygens (including phenoxy) is 1. The molecule has 0 atom stereocenters. The Balaban J connectivity index is 2.08. The molecule has 8 heteroatoms. The first-order valence-electron chi connectivity index (χ1n) is 8.38. The minimum absolute atomic E-state index is 0.100. The molecular formula is C19H22N2O5S. The summed E-state index contributed by atoms with van der Waals surface area (Å²) in [5.74, 6) is -1.27. The summed E-state index contributed by atoms with van der Waals surface area (Å²) in [5, 5.41) is 11.7. The highest BCUT2D eigenvalue weighted by Gasteiger charge is 2.23. The zero-order valence-electron chi connectivity index (χ0n) is 15.7. The van der Waals surface area contributed by atoms with Gasteiger partial charge >= 0.3 is 11.9 Å². The highest BCUT2D eigenvalue weighted by Crippen LogP contribution is 2.31. The number of hydrogen-bond acceptors (Lipinski definition) is 6. The van der Waals surface area contributed by atoms with E-state index >= 15 is 0 Å². The maximum atomic E-state index is 11.9. The Hall–Kier alpha value is -2.74. The van der Waals surface area contributed by atoms with E-state index in [-0.39, 0.29) is 24.7 Å². The van der Waals surface area contributed by atoms with E-state index in [2.05, 4.69) is 10.3 Å². The molecule has 0 bridgehead atoms. The summed E-state index contributed by atoms with van der Waals surface area (Å²) in [7, 11) is 0. The second-order valence-electron chi connectivity index (χ2n) is 7.03. The third-order valence-corrected chi connectivity index (χ3v) is 4.45. The lowest BCUT2D eigenvalue weighted by atomic mass is 9.97. The molecule has 1 aromatic heterocycles. The third-order valence-electron chi connectivity index (χ3n) is 3.56. The quantitative estimate of drug-likeness (QED) is 0.573. The molecule has 7 nitrogen and oxygen atoms in total. The molecule has 0 aliphatic heterocycles. The summed E-state index contributed by atoms with van der Waals surface area (Å²) in [6.07, 6.45) is -0.324. The number of nitrogens with one attached hydrogen (secondary N) is 1. The van der Waals surface area contributed by atoms with Crippen LogP contribution in [0.1, 0.15) is 38.5 Å². The summed E-state index contributed by atoms with van der Waals surface area (Å²) in [4.78, 5) is 39.5. The molecule has 0 saturated carbocycles. The maximum Gasteiger partial charge on any atom is 0.316 e. The molecule has 27 heavy (non-hydrogen) atoms. The molecular weight excluding hydrogens is 368 g/mol. The van der Waals surface area contributed by atoms with Crippen LogP contribution in [0.5, 0.6) is 5.75 Å². The minimum atomic E-state index is -1.02. The number of carboxylic acids is 1. The Morgan fingerprint density at radius 2 is 1.78 bits per heavy atom. The van der Waals surface area contributed by atoms with Gasteiger partial charge in [-0.25, -0.2) is 4.98 Å². The van der Waals surface area contributed by atoms with Crippen molar-refractivity contribution in [2.75, 3.05) is 5.32 Å². The van der Waals surface area contributed by atoms with Crippen molar-refractivity contribution >= 4 is 34.3 Å². The van der Waals surface area contributed by atoms with Crippen molar-refractivity contribution in [1.29, 1.82) is 0 Å². The summed E-state index contributed by atoms with van der Waals surface area (Å²) in [5.41, 5.74) is 0.949. The minimum Gasteiger partial charge on any atom is -0.481 e. The van der Waals surface area contributed by atoms with E-state index in [0.29, 0.717) is 16.6 Å². The molecule has 2 aromatic rings. The van der Waals surface area contributed by atoms with Crippen LogP contribution in [0.3, 0.4) is 0 Å². The van der Waals surface area contributed by atoms with Gasteiger partial charge in [-0.15, -0.1) is 11.3 Å². The van der Waals surface area contributed by atoms with Gasteiger partial charge in [0.25, 0.3) is 0 Å². The zero-order chi connectivity index (χ0) is 20.2. The molecule has 0 unspecified atom stereocenters. The van der Waals surface area contributed by atoms with E-state index in [0.717, 1.165) is 10.4 Å². The fraction of sp³-hybridized carbons (Fsp3) is 0.368. The summed E-state index contributed by atoms with van der Waals surface area (Å²) >= 11 is 1.31. The average molecular weight is 390 g/mol. The van der Waals surface area contributed by atoms with E-state index in [1.165, 1.54) is 11.3 Å². The Morgan fingerprint density at radius 1 is 1.15 bits per heavy atom. The normalized spacial score (nSPS) is 11.1. The summed E-state index contributed by atoms with van der Waals surface area (Å²) < 4.78 is 5.34. The molecule has 144 valence electrons. The number of esters is 1. The van der Waals surface area contributed by atoms with E-state index in [1.807, 2.05) is 6.92 Å². The van der Waals surface area contributed by atoms with Crippen molar-refractivity contribution in [3.63, 3.8) is 0 Å². The van der Waals surface area contributed by atoms with Gasteiger partial charge < -0.3 is 15.2 Å². The first-order chi connectivity index (χ1) is 12.6. The second kappa shape index (κ2) is 8.30. The van der Waals surface area contributed by atoms with Crippen LogP contribution in [-0.2, 0) is 14.4 Å². The van der Waals surface area contributed by atoms with Gasteiger partial charge in [0.2, 0.25) is 5.91 Å². The number of nitrogens with zero attached hydrogens (tertiary/aromatic N) is 1. The molecule has 1 amide bonds. The first-order valence-corrected chi connectivity index (χ1v) is 9.19. The number of thiazole rings is 1. The number of aryl methyl sites for hydroxylation is 1. The molecule has 0 aliphatic carbocycles. The predicted octanol–water partition coefficient (Wildman–Crippen LogP) is 3.87. The number of aliphatic carboxylic acids is 1. The number of hydrogen-bond donors (Lipinski definition) is 2. The Morgan fingerprint density at radius 3 is 2.33 bits per heavy atom. The average Bonchev–Trinajstić information content (AvgIpc) is 2.93. The number of carboxylic acid groups (broad SMARTS) is 1. The van der Waals surface area contributed by atoms with E-state index in [1.54, 1.807) is 45.0 Å². The van der Waals surface area contributed by atoms with Gasteiger partial charge in [0.1, 0.15) is 5.75 Å². The maximum absolute atomic E-state index is 11.9. The molecule has 0 aliphatic rings. The van der Waals surface area contributed by atoms with Crippen LogP contribution in [-0.4, -0.2) is 27.9 Å². The standard InChI is InChI=1S/C19H22N2O5S/c1-11-16(21-18(27-11)20-14(22)9-10-15(23)24)12-5-7-13(8-6-12)26-17(25)19(2,3)4/h5-8H,9-10H2,1-4H3,(H,23,24)(H,20,21,22). The van der Waals surface area contributed by atoms with Gasteiger partial charge in [0.15, 0.2) is 5.13 Å². The molecule has 2 N–H and O–H groups in total. The molecule has 0 saturated heterocycles. The molecule has 0 spiro atoms. The van der Waals surface area contributed by atoms with Crippen molar-refractivity contribution in [3.05, 3.63) is 29.1 Å². The molecule has 0 fully saturated rings. The van der Waals surface area contributed by atoms with Crippen LogP contribution in [0.15, 0.2) is 24.3 Å². The molecule has 1 heterocycles. The lowest BCUT2D eigenvalue weighted by molar-refractivity contribution is -0.143. The number of carbonyl (C=O) groups is 3. The second-order valence-corrected chi connectivity index (χ2v) is 8.23. The summed E-state index contributed by atoms with van der Waals surface area (Å²) in [6.45, 7) is 7.24. The zero-order valence-corrected chi connectivity index (χ0v) is 16.5. The van der Waals surface area contributed by atoms with E-state index in [9.17, 15) is 14.4 Å². The van der Waals surface area contributed by atoms with E-state index in [4.69, 9.17) is 9.84 Å². The fourth-order valence-electron chi connectivity index (χ4n) is 2.06. The van der Waals surface area contributed by atoms with Gasteiger partial charge in [-0.3, -0.25) is 14.4 Å². The Bertz CT molecular complexity index is 850. The number of carbonyl (C=O) groups excluding carboxylic acids is 2. The van der Waals surface area contributed by atoms with Crippen LogP contribution < -0.4 is 10.1 Å². The van der Waals surface area contributed by atoms with Gasteiger partial charge in [0, 0.05) is 16.9 Å². The lowest BCUT2D eigenvalue weighted by Gasteiger charge is -2.16. The van der Waals surface area contributed by atoms with Crippen molar-refractivity contribution in [2.45, 2.75) is 40.5 Å². The number of amides is 1. The van der Waals surface area contributed by atoms with Crippen molar-refractivity contribution in [1.82, 2.24) is 4.98 Å². The first kappa shape index (κ1) is 20.6. The number of aromatic nitrogens is 1. The van der Waals surface area contributed by atoms with Crippen LogP contribution in [0.2, 0.25) is 0 Å². The van der Waals surface area contributed by atoms with Crippen LogP contribution >= 0.6 is 11.3 Å². The van der Waals surface area contributed by atoms with Crippen LogP contribution in [0.25, 0.3) is 11.3 Å². The largest absolute Gasteiger partial charge is 0.481 e. The Labute approximate surface area is 161 Å². The molecule has 0 radical (unpaired) electrons. The van der Waals surface area contributed by atoms with Crippen molar-refractivity contribution < 1.29 is 24.2 Å². The fourth-order valence-corrected chi connectivity index (χ4v) is 2.91. The van der Waals surface area contributed by atoms with Crippen LogP contribution in [0, 0.1) is 12.3 Å². The number of anilines is 1.